The van der Waals surface area contributed by atoms with E-state index in [1.54, 1.807) is 12.3 Å². The molecule has 2 rings (SSSR count). The molecule has 1 N–H and O–H groups in total. The quantitative estimate of drug-likeness (QED) is 0.874. The number of alkyl halides is 3. The monoisotopic (exact) mass is 301 g/mol. The number of hydrogen-bond acceptors (Lipinski definition) is 3. The predicted molar refractivity (Wildman–Crippen MR) is 70.4 cm³/mol. The molecule has 1 aromatic carbocycles. The number of hydrogen-bond donors (Lipinski definition) is 1. The van der Waals surface area contributed by atoms with Crippen LogP contribution in [0.5, 0.6) is 11.6 Å². The van der Waals surface area contributed by atoms with Crippen LogP contribution in [0.3, 0.4) is 0 Å². The summed E-state index contributed by atoms with van der Waals surface area (Å²) in [6, 6.07) is 7.39. The first-order valence-corrected chi connectivity index (χ1v) is 6.74. The maximum atomic E-state index is 12.6. The van der Waals surface area contributed by atoms with Gasteiger partial charge in [0.25, 0.3) is 5.56 Å². The number of H-pyrrole nitrogens is 1. The molecule has 0 aliphatic heterocycles. The van der Waals surface area contributed by atoms with Crippen molar-refractivity contribution in [1.82, 2.24) is 4.98 Å². The zero-order valence-electron chi connectivity index (χ0n) is 10.3. The first-order valence-electron chi connectivity index (χ1n) is 5.52. The molecular weight excluding hydrogens is 291 g/mol. The van der Waals surface area contributed by atoms with Gasteiger partial charge in [-0.2, -0.15) is 13.2 Å². The molecule has 0 unspecified atom stereocenters. The molecule has 0 bridgehead atoms. The van der Waals surface area contributed by atoms with Gasteiger partial charge >= 0.3 is 6.18 Å². The van der Waals surface area contributed by atoms with Gasteiger partial charge in [0.15, 0.2) is 0 Å². The molecule has 0 saturated carbocycles. The van der Waals surface area contributed by atoms with E-state index in [0.717, 1.165) is 12.1 Å². The summed E-state index contributed by atoms with van der Waals surface area (Å²) in [6.07, 6.45) is -2.66. The Balaban J connectivity index is 2.31. The second-order valence-corrected chi connectivity index (χ2v) is 4.76. The van der Waals surface area contributed by atoms with Crippen molar-refractivity contribution in [2.24, 2.45) is 0 Å². The fourth-order valence-electron chi connectivity index (χ4n) is 1.53. The third kappa shape index (κ3) is 3.57. The largest absolute Gasteiger partial charge is 0.441 e. The van der Waals surface area contributed by atoms with E-state index < -0.39 is 11.7 Å². The highest BCUT2D eigenvalue weighted by atomic mass is 32.2. The highest BCUT2D eigenvalue weighted by Crippen LogP contribution is 2.32. The number of halogens is 3. The van der Waals surface area contributed by atoms with Crippen LogP contribution in [0.25, 0.3) is 0 Å². The van der Waals surface area contributed by atoms with Gasteiger partial charge in [-0.1, -0.05) is 6.07 Å². The van der Waals surface area contributed by atoms with Gasteiger partial charge in [-0.25, -0.2) is 0 Å². The molecule has 0 atom stereocenters. The molecule has 0 spiro atoms. The summed E-state index contributed by atoms with van der Waals surface area (Å²) >= 11 is 1.34. The molecule has 1 heterocycles. The summed E-state index contributed by atoms with van der Waals surface area (Å²) in [5, 5.41) is 0. The highest BCUT2D eigenvalue weighted by molar-refractivity contribution is 7.98. The molecule has 0 aliphatic rings. The topological polar surface area (TPSA) is 42.1 Å². The molecule has 2 aromatic rings. The fourth-order valence-corrected chi connectivity index (χ4v) is 1.98. The second kappa shape index (κ2) is 5.62. The van der Waals surface area contributed by atoms with Crippen LogP contribution >= 0.6 is 11.8 Å². The van der Waals surface area contributed by atoms with E-state index in [1.807, 2.05) is 0 Å². The minimum absolute atomic E-state index is 0.00808. The van der Waals surface area contributed by atoms with Gasteiger partial charge in [-0.3, -0.25) is 9.78 Å². The minimum atomic E-state index is -4.44. The Labute approximate surface area is 116 Å². The maximum absolute atomic E-state index is 12.6. The van der Waals surface area contributed by atoms with Gasteiger partial charge in [0.1, 0.15) is 5.75 Å². The van der Waals surface area contributed by atoms with Gasteiger partial charge in [0, 0.05) is 17.0 Å². The fraction of sp³-hybridized carbons (Fsp3) is 0.154. The lowest BCUT2D eigenvalue weighted by Gasteiger charge is -2.10. The number of thioether (sulfide) groups is 1. The van der Waals surface area contributed by atoms with Gasteiger partial charge in [0.2, 0.25) is 5.88 Å². The highest BCUT2D eigenvalue weighted by Gasteiger charge is 2.30. The molecule has 0 fully saturated rings. The van der Waals surface area contributed by atoms with Gasteiger partial charge in [0.05, 0.1) is 5.56 Å². The molecular formula is C13H10F3NO2S. The molecule has 0 amide bonds. The average Bonchev–Trinajstić information content (AvgIpc) is 2.37. The number of rotatable bonds is 3. The van der Waals surface area contributed by atoms with E-state index in [9.17, 15) is 18.0 Å². The van der Waals surface area contributed by atoms with Crippen molar-refractivity contribution in [2.75, 3.05) is 6.26 Å². The van der Waals surface area contributed by atoms with Gasteiger partial charge < -0.3 is 4.74 Å². The average molecular weight is 301 g/mol. The first kappa shape index (κ1) is 14.5. The summed E-state index contributed by atoms with van der Waals surface area (Å²) in [5.41, 5.74) is -1.18. The van der Waals surface area contributed by atoms with Crippen molar-refractivity contribution < 1.29 is 17.9 Å². The third-order valence-electron chi connectivity index (χ3n) is 2.42. The van der Waals surface area contributed by atoms with Crippen LogP contribution in [0, 0.1) is 0 Å². The van der Waals surface area contributed by atoms with Crippen molar-refractivity contribution in [1.29, 1.82) is 0 Å². The Hall–Kier alpha value is -1.89. The minimum Gasteiger partial charge on any atom is -0.441 e. The molecule has 20 heavy (non-hydrogen) atoms. The Bertz CT molecular complexity index is 667. The Kier molecular flexibility index (Phi) is 4.08. The van der Waals surface area contributed by atoms with Crippen molar-refractivity contribution in [3.63, 3.8) is 0 Å². The Morgan fingerprint density at radius 2 is 1.95 bits per heavy atom. The molecule has 1 aromatic heterocycles. The standard InChI is InChI=1S/C13H10F3NO2S/c1-20-10-6-11(18)17-12(7-10)19-9-4-2-3-8(5-9)13(14,15)16/h2-7H,1H3,(H,17,18). The van der Waals surface area contributed by atoms with E-state index in [2.05, 4.69) is 4.98 Å². The SMILES string of the molecule is CSc1cc(Oc2cccc(C(F)(F)F)c2)[nH]c(=O)c1. The Morgan fingerprint density at radius 3 is 2.60 bits per heavy atom. The van der Waals surface area contributed by atoms with Crippen LogP contribution in [0.1, 0.15) is 5.56 Å². The van der Waals surface area contributed by atoms with Crippen molar-refractivity contribution in [2.45, 2.75) is 11.1 Å². The van der Waals surface area contributed by atoms with Crippen molar-refractivity contribution in [3.05, 3.63) is 52.3 Å². The van der Waals surface area contributed by atoms with E-state index in [4.69, 9.17) is 4.74 Å². The maximum Gasteiger partial charge on any atom is 0.416 e. The number of aromatic amines is 1. The van der Waals surface area contributed by atoms with Crippen LogP contribution in [0.15, 0.2) is 46.1 Å². The first-order chi connectivity index (χ1) is 9.38. The van der Waals surface area contributed by atoms with Gasteiger partial charge in [-0.05, 0) is 24.5 Å². The zero-order valence-corrected chi connectivity index (χ0v) is 11.1. The summed E-state index contributed by atoms with van der Waals surface area (Å²) in [4.78, 5) is 14.4. The second-order valence-electron chi connectivity index (χ2n) is 3.88. The number of pyridine rings is 1. The number of benzene rings is 1. The number of nitrogens with one attached hydrogen (secondary N) is 1. The molecule has 0 aliphatic carbocycles. The van der Waals surface area contributed by atoms with E-state index in [-0.39, 0.29) is 17.2 Å². The summed E-state index contributed by atoms with van der Waals surface area (Å²) in [5.74, 6) is 0.106. The smallest absolute Gasteiger partial charge is 0.416 e. The van der Waals surface area contributed by atoms with Crippen LogP contribution in [0.4, 0.5) is 13.2 Å². The lowest BCUT2D eigenvalue weighted by atomic mass is 10.2. The Morgan fingerprint density at radius 1 is 1.20 bits per heavy atom. The molecule has 3 nitrogen and oxygen atoms in total. The van der Waals surface area contributed by atoms with E-state index in [1.165, 1.54) is 30.0 Å². The lowest BCUT2D eigenvalue weighted by Crippen LogP contribution is -2.06. The number of ether oxygens (including phenoxy) is 1. The molecule has 0 radical (unpaired) electrons. The normalized spacial score (nSPS) is 11.4. The van der Waals surface area contributed by atoms with Gasteiger partial charge in [-0.15, -0.1) is 11.8 Å². The lowest BCUT2D eigenvalue weighted by molar-refractivity contribution is -0.137. The van der Waals surface area contributed by atoms with Crippen LogP contribution in [-0.4, -0.2) is 11.2 Å². The molecule has 7 heteroatoms. The van der Waals surface area contributed by atoms with Crippen molar-refractivity contribution >= 4 is 11.8 Å². The summed E-state index contributed by atoms with van der Waals surface area (Å²) < 4.78 is 43.0. The summed E-state index contributed by atoms with van der Waals surface area (Å²) in [6.45, 7) is 0. The zero-order chi connectivity index (χ0) is 14.8. The van der Waals surface area contributed by atoms with Crippen LogP contribution < -0.4 is 10.3 Å². The van der Waals surface area contributed by atoms with E-state index in [0.29, 0.717) is 4.90 Å². The third-order valence-corrected chi connectivity index (χ3v) is 3.13. The molecule has 106 valence electrons. The van der Waals surface area contributed by atoms with Crippen LogP contribution in [0.2, 0.25) is 0 Å². The van der Waals surface area contributed by atoms with E-state index >= 15 is 0 Å². The summed E-state index contributed by atoms with van der Waals surface area (Å²) in [7, 11) is 0. The predicted octanol–water partition coefficient (Wildman–Crippen LogP) is 3.91. The molecule has 0 saturated heterocycles. The van der Waals surface area contributed by atoms with Crippen LogP contribution in [-0.2, 0) is 6.18 Å². The number of aromatic nitrogens is 1. The van der Waals surface area contributed by atoms with Crippen molar-refractivity contribution in [3.8, 4) is 11.6 Å².